The fourth-order valence-corrected chi connectivity index (χ4v) is 1.75. The zero-order chi connectivity index (χ0) is 22.2. The lowest BCUT2D eigenvalue weighted by Gasteiger charge is -2.02. The van der Waals surface area contributed by atoms with Crippen LogP contribution in [0.4, 0.5) is 0 Å². The van der Waals surface area contributed by atoms with E-state index >= 15 is 0 Å². The molecule has 168 valence electrons. The molecule has 0 aliphatic carbocycles. The van der Waals surface area contributed by atoms with Crippen LogP contribution < -0.4 is 0 Å². The van der Waals surface area contributed by atoms with Gasteiger partial charge in [0, 0.05) is 19.8 Å². The zero-order valence-corrected chi connectivity index (χ0v) is 19.3. The highest BCUT2D eigenvalue weighted by molar-refractivity contribution is 5.69. The molecular weight excluding hydrogens is 360 g/mol. The van der Waals surface area contributed by atoms with Gasteiger partial charge in [-0.2, -0.15) is 0 Å². The van der Waals surface area contributed by atoms with Crippen molar-refractivity contribution in [2.75, 3.05) is 19.8 Å². The number of carbonyl (C=O) groups is 3. The lowest BCUT2D eigenvalue weighted by atomic mass is 10.1. The molecule has 0 aliphatic heterocycles. The van der Waals surface area contributed by atoms with E-state index < -0.39 is 0 Å². The van der Waals surface area contributed by atoms with Crippen LogP contribution in [0.1, 0.15) is 99.8 Å². The van der Waals surface area contributed by atoms with Crippen molar-refractivity contribution in [1.82, 2.24) is 0 Å². The Bertz CT molecular complexity index is 366. The van der Waals surface area contributed by atoms with E-state index in [1.165, 1.54) is 6.92 Å². The molecule has 0 heterocycles. The molecule has 0 unspecified atom stereocenters. The molecule has 0 saturated carbocycles. The quantitative estimate of drug-likeness (QED) is 0.244. The Kier molecular flexibility index (Phi) is 28.2. The van der Waals surface area contributed by atoms with E-state index in [1.54, 1.807) is 0 Å². The van der Waals surface area contributed by atoms with E-state index in [9.17, 15) is 14.4 Å². The topological polar surface area (TPSA) is 78.9 Å². The first kappa shape index (κ1) is 31.1. The fraction of sp³-hybridized carbons (Fsp3) is 0.864. The van der Waals surface area contributed by atoms with Crippen LogP contribution in [0.2, 0.25) is 0 Å². The summed E-state index contributed by atoms with van der Waals surface area (Å²) in [6, 6.07) is 0. The Balaban J connectivity index is -0.000000336. The molecule has 0 fully saturated rings. The van der Waals surface area contributed by atoms with Crippen LogP contribution in [0.5, 0.6) is 0 Å². The summed E-state index contributed by atoms with van der Waals surface area (Å²) in [4.78, 5) is 31.5. The first-order valence-electron chi connectivity index (χ1n) is 10.7. The van der Waals surface area contributed by atoms with Crippen LogP contribution in [-0.4, -0.2) is 37.7 Å². The summed E-state index contributed by atoms with van der Waals surface area (Å²) in [7, 11) is 0. The van der Waals surface area contributed by atoms with Gasteiger partial charge in [-0.15, -0.1) is 0 Å². The number of hydrogen-bond acceptors (Lipinski definition) is 6. The Morgan fingerprint density at radius 3 is 1.54 bits per heavy atom. The van der Waals surface area contributed by atoms with Crippen molar-refractivity contribution in [3.8, 4) is 0 Å². The number of esters is 3. The first-order chi connectivity index (χ1) is 13.2. The van der Waals surface area contributed by atoms with Gasteiger partial charge in [0.1, 0.15) is 0 Å². The molecule has 0 amide bonds. The number of rotatable bonds is 12. The Morgan fingerprint density at radius 1 is 0.714 bits per heavy atom. The predicted molar refractivity (Wildman–Crippen MR) is 113 cm³/mol. The zero-order valence-electron chi connectivity index (χ0n) is 19.3. The van der Waals surface area contributed by atoms with Crippen molar-refractivity contribution in [3.05, 3.63) is 0 Å². The van der Waals surface area contributed by atoms with Gasteiger partial charge in [-0.05, 0) is 39.0 Å². The molecule has 0 aromatic carbocycles. The van der Waals surface area contributed by atoms with Crippen LogP contribution in [0, 0.1) is 5.92 Å². The molecule has 0 N–H and O–H groups in total. The van der Waals surface area contributed by atoms with Gasteiger partial charge in [0.15, 0.2) is 0 Å². The second-order valence-electron chi connectivity index (χ2n) is 6.69. The Labute approximate surface area is 172 Å². The van der Waals surface area contributed by atoms with E-state index in [2.05, 4.69) is 27.7 Å². The van der Waals surface area contributed by atoms with E-state index in [4.69, 9.17) is 14.2 Å². The van der Waals surface area contributed by atoms with E-state index in [-0.39, 0.29) is 17.9 Å². The lowest BCUT2D eigenvalue weighted by Crippen LogP contribution is -2.02. The van der Waals surface area contributed by atoms with Gasteiger partial charge in [-0.25, -0.2) is 0 Å². The van der Waals surface area contributed by atoms with Crippen molar-refractivity contribution in [1.29, 1.82) is 0 Å². The number of hydrogen-bond donors (Lipinski definition) is 0. The van der Waals surface area contributed by atoms with Crippen LogP contribution in [0.3, 0.4) is 0 Å². The van der Waals surface area contributed by atoms with Gasteiger partial charge >= 0.3 is 17.9 Å². The highest BCUT2D eigenvalue weighted by atomic mass is 16.5. The summed E-state index contributed by atoms with van der Waals surface area (Å²) in [6.07, 6.45) is 7.36. The summed E-state index contributed by atoms with van der Waals surface area (Å²) >= 11 is 0. The summed E-state index contributed by atoms with van der Waals surface area (Å²) in [5.41, 5.74) is 0. The van der Waals surface area contributed by atoms with Crippen molar-refractivity contribution in [2.24, 2.45) is 5.92 Å². The van der Waals surface area contributed by atoms with Gasteiger partial charge in [0.25, 0.3) is 0 Å². The third-order valence-corrected chi connectivity index (χ3v) is 3.33. The highest BCUT2D eigenvalue weighted by Crippen LogP contribution is 2.00. The molecule has 0 aromatic rings. The largest absolute Gasteiger partial charge is 0.466 e. The maximum Gasteiger partial charge on any atom is 0.305 e. The van der Waals surface area contributed by atoms with Crippen LogP contribution in [0.15, 0.2) is 0 Å². The monoisotopic (exact) mass is 404 g/mol. The Morgan fingerprint density at radius 2 is 1.18 bits per heavy atom. The highest BCUT2D eigenvalue weighted by Gasteiger charge is 1.99. The normalized spacial score (nSPS) is 9.43. The van der Waals surface area contributed by atoms with Crippen LogP contribution in [0.25, 0.3) is 0 Å². The maximum absolute atomic E-state index is 10.7. The van der Waals surface area contributed by atoms with Gasteiger partial charge < -0.3 is 14.2 Å². The van der Waals surface area contributed by atoms with Crippen molar-refractivity contribution in [3.63, 3.8) is 0 Å². The molecule has 0 aliphatic rings. The van der Waals surface area contributed by atoms with Crippen molar-refractivity contribution < 1.29 is 28.6 Å². The van der Waals surface area contributed by atoms with Gasteiger partial charge in [0.05, 0.1) is 19.8 Å². The third kappa shape index (κ3) is 35.5. The van der Waals surface area contributed by atoms with Crippen LogP contribution in [-0.2, 0) is 28.6 Å². The summed E-state index contributed by atoms with van der Waals surface area (Å²) < 4.78 is 14.2. The third-order valence-electron chi connectivity index (χ3n) is 3.33. The molecule has 0 spiro atoms. The molecule has 0 aromatic heterocycles. The molecule has 0 radical (unpaired) electrons. The molecule has 0 atom stereocenters. The molecule has 0 rings (SSSR count). The fourth-order valence-electron chi connectivity index (χ4n) is 1.75. The second-order valence-corrected chi connectivity index (χ2v) is 6.69. The number of ether oxygens (including phenoxy) is 3. The predicted octanol–water partition coefficient (Wildman–Crippen LogP) is 5.47. The van der Waals surface area contributed by atoms with E-state index in [0.717, 1.165) is 38.5 Å². The molecule has 6 nitrogen and oxygen atoms in total. The second kappa shape index (κ2) is 25.4. The van der Waals surface area contributed by atoms with Crippen molar-refractivity contribution >= 4 is 17.9 Å². The molecule has 28 heavy (non-hydrogen) atoms. The minimum atomic E-state index is -0.185. The van der Waals surface area contributed by atoms with Crippen LogP contribution >= 0.6 is 0 Å². The smallest absolute Gasteiger partial charge is 0.305 e. The summed E-state index contributed by atoms with van der Waals surface area (Å²) in [5.74, 6) is 0.301. The van der Waals surface area contributed by atoms with Crippen molar-refractivity contribution in [2.45, 2.75) is 99.8 Å². The molecule has 0 saturated heterocycles. The van der Waals surface area contributed by atoms with E-state index in [0.29, 0.717) is 38.6 Å². The summed E-state index contributed by atoms with van der Waals surface area (Å²) in [6.45, 7) is 15.0. The molecule has 6 heteroatoms. The minimum absolute atomic E-state index is 0.0593. The number of unbranched alkanes of at least 4 members (excludes halogenated alkanes) is 3. The molecule has 0 bridgehead atoms. The summed E-state index contributed by atoms with van der Waals surface area (Å²) in [5, 5.41) is 0. The number of carbonyl (C=O) groups excluding carboxylic acids is 3. The van der Waals surface area contributed by atoms with E-state index in [1.807, 2.05) is 13.8 Å². The maximum atomic E-state index is 10.7. The minimum Gasteiger partial charge on any atom is -0.466 e. The lowest BCUT2D eigenvalue weighted by molar-refractivity contribution is -0.144. The van der Waals surface area contributed by atoms with Gasteiger partial charge in [-0.3, -0.25) is 14.4 Å². The SMILES string of the molecule is CC(=O)OCCC(C)C.CCCCC(=O)OCC.CCCCCC(=O)OCC. The molecular formula is C22H44O6. The first-order valence-corrected chi connectivity index (χ1v) is 10.7. The average molecular weight is 405 g/mol. The Hall–Kier alpha value is -1.59. The van der Waals surface area contributed by atoms with Gasteiger partial charge in [0.2, 0.25) is 0 Å². The average Bonchev–Trinajstić information content (AvgIpc) is 2.61. The van der Waals surface area contributed by atoms with Gasteiger partial charge in [-0.1, -0.05) is 47.0 Å². The standard InChI is InChI=1S/C8H16O2.2C7H14O2/c1-3-5-6-7-8(9)10-4-2;1-6(2)4-5-9-7(3)8;1-3-5-6-7(8)9-4-2/h3-7H2,1-2H3;6H,4-5H2,1-3H3;3-6H2,1-2H3.